The molecule has 0 bridgehead atoms. The van der Waals surface area contributed by atoms with Crippen LogP contribution in [0.4, 0.5) is 5.13 Å². The maximum atomic E-state index is 3.93. The lowest BCUT2D eigenvalue weighted by Gasteiger charge is -2.13. The van der Waals surface area contributed by atoms with Crippen LogP contribution in [0.1, 0.15) is 19.3 Å². The molecule has 0 aromatic carbocycles. The molecule has 0 aliphatic carbocycles. The lowest BCUT2D eigenvalue weighted by molar-refractivity contribution is 0.337. The topological polar surface area (TPSA) is 41.1 Å². The molecule has 0 atom stereocenters. The Morgan fingerprint density at radius 2 is 2.29 bits per heavy atom. The molecule has 0 saturated carbocycles. The molecule has 1 aromatic heterocycles. The summed E-state index contributed by atoms with van der Waals surface area (Å²) in [6.07, 6.45) is 3.95. The molecule has 2 heterocycles. The second kappa shape index (κ2) is 5.26. The van der Waals surface area contributed by atoms with E-state index in [0.717, 1.165) is 11.7 Å². The van der Waals surface area contributed by atoms with Crippen LogP contribution in [-0.2, 0) is 0 Å². The molecule has 14 heavy (non-hydrogen) atoms. The van der Waals surface area contributed by atoms with Gasteiger partial charge < -0.3 is 10.2 Å². The van der Waals surface area contributed by atoms with E-state index in [2.05, 4.69) is 20.4 Å². The minimum Gasteiger partial charge on any atom is -0.360 e. The molecule has 0 spiro atoms. The van der Waals surface area contributed by atoms with Crippen molar-refractivity contribution in [1.29, 1.82) is 0 Å². The van der Waals surface area contributed by atoms with Crippen molar-refractivity contribution >= 4 is 16.5 Å². The normalized spacial score (nSPS) is 17.4. The minimum absolute atomic E-state index is 0.937. The Labute approximate surface area is 88.3 Å². The van der Waals surface area contributed by atoms with Gasteiger partial charge in [-0.15, -0.1) is 10.2 Å². The van der Waals surface area contributed by atoms with Crippen LogP contribution in [0.25, 0.3) is 0 Å². The lowest BCUT2D eigenvalue weighted by Crippen LogP contribution is -2.22. The highest BCUT2D eigenvalue weighted by Gasteiger charge is 2.09. The summed E-state index contributed by atoms with van der Waals surface area (Å²) in [6, 6.07) is 0. The molecule has 1 aliphatic heterocycles. The monoisotopic (exact) mass is 212 g/mol. The van der Waals surface area contributed by atoms with Gasteiger partial charge >= 0.3 is 0 Å². The number of anilines is 1. The molecule has 2 rings (SSSR count). The summed E-state index contributed by atoms with van der Waals surface area (Å²) in [4.78, 5) is 2.53. The third kappa shape index (κ3) is 2.92. The van der Waals surface area contributed by atoms with Gasteiger partial charge in [0.15, 0.2) is 0 Å². The van der Waals surface area contributed by atoms with E-state index < -0.39 is 0 Å². The van der Waals surface area contributed by atoms with Gasteiger partial charge in [-0.2, -0.15) is 0 Å². The van der Waals surface area contributed by atoms with Crippen LogP contribution in [0.15, 0.2) is 5.51 Å². The van der Waals surface area contributed by atoms with Gasteiger partial charge in [0.05, 0.1) is 0 Å². The molecular formula is C9H16N4S. The van der Waals surface area contributed by atoms with E-state index in [1.807, 2.05) is 0 Å². The van der Waals surface area contributed by atoms with Crippen molar-refractivity contribution in [1.82, 2.24) is 15.1 Å². The van der Waals surface area contributed by atoms with Gasteiger partial charge in [0.1, 0.15) is 5.51 Å². The average Bonchev–Trinajstić information content (AvgIpc) is 2.86. The highest BCUT2D eigenvalue weighted by Crippen LogP contribution is 2.09. The van der Waals surface area contributed by atoms with Gasteiger partial charge in [-0.25, -0.2) is 0 Å². The number of hydrogen-bond donors (Lipinski definition) is 1. The Bertz CT molecular complexity index is 243. The quantitative estimate of drug-likeness (QED) is 0.750. The number of aromatic nitrogens is 2. The van der Waals surface area contributed by atoms with Crippen molar-refractivity contribution in [3.63, 3.8) is 0 Å². The number of nitrogens with zero attached hydrogens (tertiary/aromatic N) is 3. The lowest BCUT2D eigenvalue weighted by atomic mass is 10.4. The number of rotatable bonds is 5. The summed E-state index contributed by atoms with van der Waals surface area (Å²) >= 11 is 1.56. The van der Waals surface area contributed by atoms with Crippen LogP contribution in [0.5, 0.6) is 0 Å². The smallest absolute Gasteiger partial charge is 0.205 e. The zero-order valence-corrected chi connectivity index (χ0v) is 9.09. The largest absolute Gasteiger partial charge is 0.360 e. The van der Waals surface area contributed by atoms with Gasteiger partial charge in [0, 0.05) is 6.54 Å². The first kappa shape index (κ1) is 9.86. The summed E-state index contributed by atoms with van der Waals surface area (Å²) in [6.45, 7) is 4.80. The zero-order valence-electron chi connectivity index (χ0n) is 8.28. The predicted molar refractivity (Wildman–Crippen MR) is 58.7 cm³/mol. The molecule has 1 saturated heterocycles. The Hall–Kier alpha value is -0.680. The Morgan fingerprint density at radius 3 is 3.00 bits per heavy atom. The first-order chi connectivity index (χ1) is 6.95. The second-order valence-corrected chi connectivity index (χ2v) is 4.41. The second-order valence-electron chi connectivity index (χ2n) is 3.57. The van der Waals surface area contributed by atoms with Gasteiger partial charge in [0.25, 0.3) is 0 Å². The van der Waals surface area contributed by atoms with Crippen LogP contribution >= 0.6 is 11.3 Å². The third-order valence-electron chi connectivity index (χ3n) is 2.49. The van der Waals surface area contributed by atoms with E-state index in [1.165, 1.54) is 38.9 Å². The molecule has 1 aromatic rings. The minimum atomic E-state index is 0.937. The molecule has 5 heteroatoms. The van der Waals surface area contributed by atoms with E-state index in [-0.39, 0.29) is 0 Å². The molecule has 0 radical (unpaired) electrons. The summed E-state index contributed by atoms with van der Waals surface area (Å²) in [5.74, 6) is 0. The first-order valence-corrected chi connectivity index (χ1v) is 6.05. The summed E-state index contributed by atoms with van der Waals surface area (Å²) < 4.78 is 0. The zero-order chi connectivity index (χ0) is 9.64. The first-order valence-electron chi connectivity index (χ1n) is 5.17. The number of nitrogens with one attached hydrogen (secondary N) is 1. The van der Waals surface area contributed by atoms with E-state index >= 15 is 0 Å². The predicted octanol–water partition coefficient (Wildman–Crippen LogP) is 1.44. The highest BCUT2D eigenvalue weighted by atomic mass is 32.1. The molecule has 1 fully saturated rings. The summed E-state index contributed by atoms with van der Waals surface area (Å²) in [7, 11) is 0. The van der Waals surface area contributed by atoms with Crippen LogP contribution in [0, 0.1) is 0 Å². The Morgan fingerprint density at radius 1 is 1.43 bits per heavy atom. The van der Waals surface area contributed by atoms with Gasteiger partial charge in [-0.05, 0) is 38.9 Å². The van der Waals surface area contributed by atoms with E-state index in [1.54, 1.807) is 16.8 Å². The molecule has 0 amide bonds. The molecular weight excluding hydrogens is 196 g/mol. The Balaban J connectivity index is 1.55. The van der Waals surface area contributed by atoms with Gasteiger partial charge in [-0.3, -0.25) is 0 Å². The van der Waals surface area contributed by atoms with Crippen LogP contribution in [0.2, 0.25) is 0 Å². The highest BCUT2D eigenvalue weighted by molar-refractivity contribution is 7.13. The van der Waals surface area contributed by atoms with Gasteiger partial charge in [-0.1, -0.05) is 11.3 Å². The summed E-state index contributed by atoms with van der Waals surface area (Å²) in [5, 5.41) is 11.9. The van der Waals surface area contributed by atoms with Crippen molar-refractivity contribution in [2.45, 2.75) is 19.3 Å². The van der Waals surface area contributed by atoms with Crippen LogP contribution in [-0.4, -0.2) is 41.3 Å². The Kier molecular flexibility index (Phi) is 3.71. The van der Waals surface area contributed by atoms with Crippen molar-refractivity contribution in [2.75, 3.05) is 31.5 Å². The molecule has 78 valence electrons. The van der Waals surface area contributed by atoms with E-state index in [0.29, 0.717) is 0 Å². The molecule has 4 nitrogen and oxygen atoms in total. The van der Waals surface area contributed by atoms with Crippen molar-refractivity contribution in [2.24, 2.45) is 0 Å². The maximum Gasteiger partial charge on any atom is 0.205 e. The van der Waals surface area contributed by atoms with Crippen molar-refractivity contribution in [3.8, 4) is 0 Å². The van der Waals surface area contributed by atoms with Crippen molar-refractivity contribution in [3.05, 3.63) is 5.51 Å². The van der Waals surface area contributed by atoms with Gasteiger partial charge in [0.2, 0.25) is 5.13 Å². The molecule has 1 N–H and O–H groups in total. The SMILES string of the molecule is c1nnc(NCCCN2CCCC2)s1. The van der Waals surface area contributed by atoms with E-state index in [4.69, 9.17) is 0 Å². The number of likely N-dealkylation sites (tertiary alicyclic amines) is 1. The van der Waals surface area contributed by atoms with Crippen LogP contribution in [0.3, 0.4) is 0 Å². The van der Waals surface area contributed by atoms with Crippen molar-refractivity contribution < 1.29 is 0 Å². The fourth-order valence-corrected chi connectivity index (χ4v) is 2.23. The van der Waals surface area contributed by atoms with E-state index in [9.17, 15) is 0 Å². The third-order valence-corrected chi connectivity index (χ3v) is 3.14. The fourth-order valence-electron chi connectivity index (χ4n) is 1.75. The molecule has 0 unspecified atom stereocenters. The number of hydrogen-bond acceptors (Lipinski definition) is 5. The standard InChI is InChI=1S/C9H16N4S/c1-2-6-13(5-1)7-3-4-10-9-12-11-8-14-9/h8H,1-7H2,(H,10,12). The maximum absolute atomic E-state index is 3.93. The fraction of sp³-hybridized carbons (Fsp3) is 0.778. The average molecular weight is 212 g/mol. The molecule has 1 aliphatic rings. The van der Waals surface area contributed by atoms with Crippen LogP contribution < -0.4 is 5.32 Å². The summed E-state index contributed by atoms with van der Waals surface area (Å²) in [5.41, 5.74) is 1.75.